The minimum atomic E-state index is -2.11. The maximum atomic E-state index is 11.6. The van der Waals surface area contributed by atoms with E-state index in [9.17, 15) is 8.78 Å². The number of unbranched alkanes of at least 4 members (excludes halogenated alkanes) is 3. The van der Waals surface area contributed by atoms with Gasteiger partial charge < -0.3 is 0 Å². The van der Waals surface area contributed by atoms with Crippen LogP contribution in [0.25, 0.3) is 0 Å². The monoisotopic (exact) mass is 162 g/mol. The minimum absolute atomic E-state index is 0.0653. The zero-order chi connectivity index (χ0) is 8.53. The molecule has 0 saturated carbocycles. The molecule has 0 aliphatic rings. The summed E-state index contributed by atoms with van der Waals surface area (Å²) < 4.78 is 23.2. The van der Waals surface area contributed by atoms with Crippen LogP contribution in [0.5, 0.6) is 0 Å². The molecule has 0 spiro atoms. The van der Waals surface area contributed by atoms with Gasteiger partial charge in [-0.3, -0.25) is 0 Å². The largest absolute Gasteiger partial charge is 0.238 e. The molecule has 0 unspecified atom stereocenters. The van der Waals surface area contributed by atoms with Gasteiger partial charge in [0.25, 0.3) is 0 Å². The highest BCUT2D eigenvalue weighted by molar-refractivity contribution is 4.76. The summed E-state index contributed by atoms with van der Waals surface area (Å²) in [4.78, 5) is 0. The predicted molar refractivity (Wildman–Crippen MR) is 43.9 cm³/mol. The Labute approximate surface area is 67.3 Å². The van der Waals surface area contributed by atoms with Crippen LogP contribution in [-0.2, 0) is 0 Å². The first-order valence-corrected chi connectivity index (χ1v) is 4.16. The third-order valence-corrected chi connectivity index (χ3v) is 1.53. The van der Waals surface area contributed by atoms with E-state index in [4.69, 9.17) is 0 Å². The lowest BCUT2D eigenvalue weighted by Crippen LogP contribution is -1.88. The molecule has 0 aliphatic carbocycles. The highest BCUT2D eigenvalue weighted by atomic mass is 19.3. The molecule has 0 radical (unpaired) electrons. The molecule has 0 nitrogen and oxygen atoms in total. The van der Waals surface area contributed by atoms with Crippen LogP contribution in [0.4, 0.5) is 8.78 Å². The SMILES string of the molecule is C/C=C/CCCCCC(F)F. The second-order valence-electron chi connectivity index (χ2n) is 2.60. The van der Waals surface area contributed by atoms with Gasteiger partial charge in [0.2, 0.25) is 6.43 Å². The molecule has 0 aromatic carbocycles. The topological polar surface area (TPSA) is 0 Å². The second kappa shape index (κ2) is 7.70. The molecule has 0 atom stereocenters. The van der Waals surface area contributed by atoms with Crippen LogP contribution in [0.2, 0.25) is 0 Å². The van der Waals surface area contributed by atoms with Gasteiger partial charge in [0, 0.05) is 6.42 Å². The molecule has 0 rings (SSSR count). The van der Waals surface area contributed by atoms with E-state index in [1.54, 1.807) is 0 Å². The fourth-order valence-electron chi connectivity index (χ4n) is 0.904. The van der Waals surface area contributed by atoms with E-state index in [-0.39, 0.29) is 6.42 Å². The average Bonchev–Trinajstić information content (AvgIpc) is 1.96. The molecular weight excluding hydrogens is 146 g/mol. The Morgan fingerprint density at radius 3 is 2.45 bits per heavy atom. The molecule has 11 heavy (non-hydrogen) atoms. The summed E-state index contributed by atoms with van der Waals surface area (Å²) in [5.41, 5.74) is 0. The fourth-order valence-corrected chi connectivity index (χ4v) is 0.904. The molecule has 2 heteroatoms. The zero-order valence-corrected chi connectivity index (χ0v) is 7.02. The Hall–Kier alpha value is -0.400. The zero-order valence-electron chi connectivity index (χ0n) is 7.02. The van der Waals surface area contributed by atoms with Gasteiger partial charge in [-0.05, 0) is 26.2 Å². The summed E-state index contributed by atoms with van der Waals surface area (Å²) >= 11 is 0. The van der Waals surface area contributed by atoms with Gasteiger partial charge in [0.15, 0.2) is 0 Å². The Morgan fingerprint density at radius 2 is 1.91 bits per heavy atom. The maximum Gasteiger partial charge on any atom is 0.238 e. The summed E-state index contributed by atoms with van der Waals surface area (Å²) in [6, 6.07) is 0. The Balaban J connectivity index is 2.91. The third kappa shape index (κ3) is 9.60. The van der Waals surface area contributed by atoms with Gasteiger partial charge in [-0.2, -0.15) is 0 Å². The van der Waals surface area contributed by atoms with Gasteiger partial charge >= 0.3 is 0 Å². The van der Waals surface area contributed by atoms with Crippen molar-refractivity contribution >= 4 is 0 Å². The van der Waals surface area contributed by atoms with Crippen molar-refractivity contribution in [2.45, 2.75) is 45.5 Å². The van der Waals surface area contributed by atoms with Gasteiger partial charge in [0.1, 0.15) is 0 Å². The van der Waals surface area contributed by atoms with E-state index in [1.165, 1.54) is 0 Å². The Kier molecular flexibility index (Phi) is 7.42. The molecule has 0 aromatic heterocycles. The van der Waals surface area contributed by atoms with Crippen LogP contribution < -0.4 is 0 Å². The van der Waals surface area contributed by atoms with E-state index in [2.05, 4.69) is 6.08 Å². The molecule has 0 aromatic rings. The quantitative estimate of drug-likeness (QED) is 0.412. The van der Waals surface area contributed by atoms with Crippen LogP contribution in [0.15, 0.2) is 12.2 Å². The normalized spacial score (nSPS) is 11.6. The van der Waals surface area contributed by atoms with E-state index >= 15 is 0 Å². The van der Waals surface area contributed by atoms with E-state index in [1.807, 2.05) is 13.0 Å². The van der Waals surface area contributed by atoms with Crippen LogP contribution in [0.1, 0.15) is 39.0 Å². The molecule has 0 amide bonds. The maximum absolute atomic E-state index is 11.6. The lowest BCUT2D eigenvalue weighted by molar-refractivity contribution is 0.134. The van der Waals surface area contributed by atoms with E-state index in [0.29, 0.717) is 6.42 Å². The van der Waals surface area contributed by atoms with Crippen LogP contribution in [0.3, 0.4) is 0 Å². The van der Waals surface area contributed by atoms with Crippen molar-refractivity contribution in [3.8, 4) is 0 Å². The Bertz CT molecular complexity index is 97.7. The highest BCUT2D eigenvalue weighted by Crippen LogP contribution is 2.08. The smallest absolute Gasteiger partial charge is 0.211 e. The van der Waals surface area contributed by atoms with Crippen molar-refractivity contribution in [3.05, 3.63) is 12.2 Å². The standard InChI is InChI=1S/C9H16F2/c1-2-3-4-5-6-7-8-9(10)11/h2-3,9H,4-8H2,1H3/b3-2+. The molecule has 0 saturated heterocycles. The molecule has 0 bridgehead atoms. The number of alkyl halides is 2. The van der Waals surface area contributed by atoms with E-state index in [0.717, 1.165) is 19.3 Å². The first-order valence-electron chi connectivity index (χ1n) is 4.16. The predicted octanol–water partition coefficient (Wildman–Crippen LogP) is 3.78. The van der Waals surface area contributed by atoms with Crippen LogP contribution >= 0.6 is 0 Å². The molecule has 0 aliphatic heterocycles. The summed E-state index contributed by atoms with van der Waals surface area (Å²) in [7, 11) is 0. The van der Waals surface area contributed by atoms with Crippen molar-refractivity contribution in [1.29, 1.82) is 0 Å². The molecular formula is C9H16F2. The lowest BCUT2D eigenvalue weighted by Gasteiger charge is -1.97. The summed E-state index contributed by atoms with van der Waals surface area (Å²) in [5.74, 6) is 0. The van der Waals surface area contributed by atoms with Gasteiger partial charge in [-0.25, -0.2) is 8.78 Å². The van der Waals surface area contributed by atoms with Gasteiger partial charge in [0.05, 0.1) is 0 Å². The van der Waals surface area contributed by atoms with E-state index < -0.39 is 6.43 Å². The van der Waals surface area contributed by atoms with Crippen molar-refractivity contribution in [2.24, 2.45) is 0 Å². The summed E-state index contributed by atoms with van der Waals surface area (Å²) in [6.45, 7) is 1.97. The molecule has 0 fully saturated rings. The first-order chi connectivity index (χ1) is 5.27. The van der Waals surface area contributed by atoms with Crippen molar-refractivity contribution in [3.63, 3.8) is 0 Å². The molecule has 0 heterocycles. The van der Waals surface area contributed by atoms with Crippen molar-refractivity contribution < 1.29 is 8.78 Å². The number of hydrogen-bond donors (Lipinski definition) is 0. The average molecular weight is 162 g/mol. The van der Waals surface area contributed by atoms with Gasteiger partial charge in [-0.15, -0.1) is 0 Å². The third-order valence-electron chi connectivity index (χ3n) is 1.53. The van der Waals surface area contributed by atoms with Crippen LogP contribution in [0, 0.1) is 0 Å². The Morgan fingerprint density at radius 1 is 1.18 bits per heavy atom. The second-order valence-corrected chi connectivity index (χ2v) is 2.60. The van der Waals surface area contributed by atoms with Crippen LogP contribution in [-0.4, -0.2) is 6.43 Å². The van der Waals surface area contributed by atoms with Crippen molar-refractivity contribution in [2.75, 3.05) is 0 Å². The van der Waals surface area contributed by atoms with Gasteiger partial charge in [-0.1, -0.05) is 18.6 Å². The number of hydrogen-bond acceptors (Lipinski definition) is 0. The summed E-state index contributed by atoms with van der Waals surface area (Å²) in [5, 5.41) is 0. The number of rotatable bonds is 6. The minimum Gasteiger partial charge on any atom is -0.211 e. The molecule has 66 valence electrons. The molecule has 0 N–H and O–H groups in total. The highest BCUT2D eigenvalue weighted by Gasteiger charge is 1.99. The van der Waals surface area contributed by atoms with Crippen molar-refractivity contribution in [1.82, 2.24) is 0 Å². The summed E-state index contributed by atoms with van der Waals surface area (Å²) in [6.07, 6.45) is 5.67. The fraction of sp³-hybridized carbons (Fsp3) is 0.778. The number of allylic oxidation sites excluding steroid dienone is 2. The first kappa shape index (κ1) is 10.6. The lowest BCUT2D eigenvalue weighted by atomic mass is 10.1. The number of halogens is 2.